The van der Waals surface area contributed by atoms with Gasteiger partial charge in [-0.1, -0.05) is 13.0 Å². The lowest BCUT2D eigenvalue weighted by molar-refractivity contribution is 1.20. The van der Waals surface area contributed by atoms with Crippen LogP contribution in [0.1, 0.15) is 20.3 Å². The third kappa shape index (κ3) is 2.97. The highest BCUT2D eigenvalue weighted by atomic mass is 79.9. The van der Waals surface area contributed by atoms with Crippen molar-refractivity contribution < 1.29 is 0 Å². The molecule has 0 aliphatic heterocycles. The summed E-state index contributed by atoms with van der Waals surface area (Å²) in [7, 11) is 0. The summed E-state index contributed by atoms with van der Waals surface area (Å²) in [5, 5.41) is 7.05. The Morgan fingerprint density at radius 1 is 1.75 bits per heavy atom. The topological polar surface area (TPSA) is 23.9 Å². The van der Waals surface area contributed by atoms with Gasteiger partial charge >= 0.3 is 0 Å². The Kier molecular flexibility index (Phi) is 3.79. The monoisotopic (exact) mass is 175 g/mol. The van der Waals surface area contributed by atoms with Crippen LogP contribution in [-0.2, 0) is 0 Å². The summed E-state index contributed by atoms with van der Waals surface area (Å²) < 4.78 is 0.486. The number of nitrogens with one attached hydrogen (secondary N) is 1. The molecular formula is C6H10BrN. The molecule has 0 aromatic rings. The summed E-state index contributed by atoms with van der Waals surface area (Å²) in [5.41, 5.74) is 1.01. The second-order valence-corrected chi connectivity index (χ2v) is 2.40. The van der Waals surface area contributed by atoms with Gasteiger partial charge in [-0.25, -0.2) is 0 Å². The van der Waals surface area contributed by atoms with Crippen molar-refractivity contribution in [2.24, 2.45) is 0 Å². The van der Waals surface area contributed by atoms with Crippen molar-refractivity contribution in [3.63, 3.8) is 0 Å². The summed E-state index contributed by atoms with van der Waals surface area (Å²) in [6.07, 6.45) is 3.01. The van der Waals surface area contributed by atoms with E-state index in [0.29, 0.717) is 4.62 Å². The highest BCUT2D eigenvalue weighted by molar-refractivity contribution is 9.18. The van der Waals surface area contributed by atoms with E-state index in [1.807, 2.05) is 13.0 Å². The van der Waals surface area contributed by atoms with Crippen LogP contribution >= 0.6 is 15.9 Å². The van der Waals surface area contributed by atoms with Crippen molar-refractivity contribution in [1.82, 2.24) is 0 Å². The fraction of sp³-hybridized carbons (Fsp3) is 0.500. The van der Waals surface area contributed by atoms with Gasteiger partial charge in [0.1, 0.15) is 0 Å². The van der Waals surface area contributed by atoms with Crippen LogP contribution in [0.15, 0.2) is 11.6 Å². The molecule has 0 aliphatic rings. The second-order valence-electron chi connectivity index (χ2n) is 1.61. The normalized spacial score (nSPS) is 11.6. The molecule has 0 aromatic heterocycles. The van der Waals surface area contributed by atoms with Crippen LogP contribution < -0.4 is 0 Å². The zero-order chi connectivity index (χ0) is 6.57. The minimum atomic E-state index is 0.486. The van der Waals surface area contributed by atoms with E-state index in [-0.39, 0.29) is 0 Å². The number of hydrogen-bond donors (Lipinski definition) is 1. The molecule has 0 atom stereocenters. The minimum Gasteiger partial charge on any atom is -0.293 e. The maximum atomic E-state index is 7.05. The Bertz CT molecular complexity index is 116. The lowest BCUT2D eigenvalue weighted by atomic mass is 10.3. The standard InChI is InChI=1S/C6H10BrN/c1-3-4-5(2)6(7)8/h4,8H,3H2,1-2H3/b5-4-,8-6?. The lowest BCUT2D eigenvalue weighted by Crippen LogP contribution is -1.83. The number of rotatable bonds is 2. The zero-order valence-electron chi connectivity index (χ0n) is 5.16. The van der Waals surface area contributed by atoms with Crippen LogP contribution in [-0.4, -0.2) is 4.62 Å². The van der Waals surface area contributed by atoms with Crippen molar-refractivity contribution in [3.05, 3.63) is 11.6 Å². The second kappa shape index (κ2) is 3.84. The molecule has 0 heterocycles. The van der Waals surface area contributed by atoms with Gasteiger partial charge in [0.25, 0.3) is 0 Å². The fourth-order valence-electron chi connectivity index (χ4n) is 0.396. The van der Waals surface area contributed by atoms with Gasteiger partial charge in [0.15, 0.2) is 0 Å². The summed E-state index contributed by atoms with van der Waals surface area (Å²) in [6, 6.07) is 0. The Morgan fingerprint density at radius 2 is 2.25 bits per heavy atom. The molecule has 1 nitrogen and oxygen atoms in total. The number of halogens is 1. The van der Waals surface area contributed by atoms with Gasteiger partial charge in [-0.2, -0.15) is 0 Å². The number of allylic oxidation sites excluding steroid dienone is 2. The third-order valence-corrected chi connectivity index (χ3v) is 1.48. The summed E-state index contributed by atoms with van der Waals surface area (Å²) in [6.45, 7) is 3.97. The molecule has 46 valence electrons. The molecule has 0 amide bonds. The first kappa shape index (κ1) is 7.89. The highest BCUT2D eigenvalue weighted by Gasteiger charge is 1.88. The molecule has 8 heavy (non-hydrogen) atoms. The van der Waals surface area contributed by atoms with Crippen molar-refractivity contribution in [2.45, 2.75) is 20.3 Å². The van der Waals surface area contributed by atoms with E-state index in [9.17, 15) is 0 Å². The predicted octanol–water partition coefficient (Wildman–Crippen LogP) is 2.71. The molecule has 0 unspecified atom stereocenters. The molecule has 0 radical (unpaired) electrons. The van der Waals surface area contributed by atoms with Gasteiger partial charge in [-0.05, 0) is 34.8 Å². The van der Waals surface area contributed by atoms with Crippen LogP contribution in [0.5, 0.6) is 0 Å². The quantitative estimate of drug-likeness (QED) is 0.625. The molecule has 0 bridgehead atoms. The lowest BCUT2D eigenvalue weighted by Gasteiger charge is -1.90. The van der Waals surface area contributed by atoms with E-state index < -0.39 is 0 Å². The molecule has 0 fully saturated rings. The molecule has 0 saturated heterocycles. The van der Waals surface area contributed by atoms with E-state index >= 15 is 0 Å². The van der Waals surface area contributed by atoms with Crippen LogP contribution in [0.3, 0.4) is 0 Å². The van der Waals surface area contributed by atoms with E-state index in [4.69, 9.17) is 5.41 Å². The van der Waals surface area contributed by atoms with Crippen molar-refractivity contribution in [2.75, 3.05) is 0 Å². The zero-order valence-corrected chi connectivity index (χ0v) is 6.75. The fourth-order valence-corrected chi connectivity index (χ4v) is 0.558. The number of hydrogen-bond acceptors (Lipinski definition) is 1. The van der Waals surface area contributed by atoms with Gasteiger partial charge in [-0.3, -0.25) is 5.41 Å². The van der Waals surface area contributed by atoms with Gasteiger partial charge in [0, 0.05) is 0 Å². The minimum absolute atomic E-state index is 0.486. The molecule has 0 aliphatic carbocycles. The molecule has 0 aromatic carbocycles. The Balaban J connectivity index is 3.80. The van der Waals surface area contributed by atoms with Gasteiger partial charge in [-0.15, -0.1) is 0 Å². The average molecular weight is 176 g/mol. The van der Waals surface area contributed by atoms with Crippen molar-refractivity contribution in [3.8, 4) is 0 Å². The average Bonchev–Trinajstić information content (AvgIpc) is 1.67. The first-order valence-electron chi connectivity index (χ1n) is 2.59. The van der Waals surface area contributed by atoms with Crippen LogP contribution in [0, 0.1) is 5.41 Å². The van der Waals surface area contributed by atoms with Gasteiger partial charge in [0.2, 0.25) is 0 Å². The van der Waals surface area contributed by atoms with Crippen molar-refractivity contribution >= 4 is 20.6 Å². The first-order valence-corrected chi connectivity index (χ1v) is 3.39. The largest absolute Gasteiger partial charge is 0.293 e. The van der Waals surface area contributed by atoms with Gasteiger partial charge in [0.05, 0.1) is 4.62 Å². The molecule has 0 rings (SSSR count). The van der Waals surface area contributed by atoms with Gasteiger partial charge < -0.3 is 0 Å². The molecule has 1 N–H and O–H groups in total. The summed E-state index contributed by atoms with van der Waals surface area (Å²) in [4.78, 5) is 0. The first-order chi connectivity index (χ1) is 3.68. The summed E-state index contributed by atoms with van der Waals surface area (Å²) >= 11 is 3.06. The Morgan fingerprint density at radius 3 is 2.38 bits per heavy atom. The van der Waals surface area contributed by atoms with E-state index in [1.54, 1.807) is 0 Å². The SMILES string of the molecule is CC/C=C(/C)C(=N)Br. The molecular weight excluding hydrogens is 166 g/mol. The maximum Gasteiger partial charge on any atom is 0.0992 e. The molecule has 0 saturated carbocycles. The smallest absolute Gasteiger partial charge is 0.0992 e. The van der Waals surface area contributed by atoms with E-state index in [2.05, 4.69) is 22.9 Å². The molecule has 0 spiro atoms. The third-order valence-electron chi connectivity index (χ3n) is 0.857. The maximum absolute atomic E-state index is 7.05. The Labute approximate surface area is 58.4 Å². The van der Waals surface area contributed by atoms with E-state index in [0.717, 1.165) is 12.0 Å². The van der Waals surface area contributed by atoms with E-state index in [1.165, 1.54) is 0 Å². The predicted molar refractivity (Wildman–Crippen MR) is 40.7 cm³/mol. The van der Waals surface area contributed by atoms with Crippen LogP contribution in [0.4, 0.5) is 0 Å². The highest BCUT2D eigenvalue weighted by Crippen LogP contribution is 2.01. The molecule has 2 heteroatoms. The van der Waals surface area contributed by atoms with Crippen LogP contribution in [0.25, 0.3) is 0 Å². The summed E-state index contributed by atoms with van der Waals surface area (Å²) in [5.74, 6) is 0. The van der Waals surface area contributed by atoms with Crippen molar-refractivity contribution in [1.29, 1.82) is 5.41 Å². The van der Waals surface area contributed by atoms with Crippen LogP contribution in [0.2, 0.25) is 0 Å². The Hall–Kier alpha value is -0.110.